The van der Waals surface area contributed by atoms with Crippen molar-refractivity contribution in [1.29, 1.82) is 0 Å². The quantitative estimate of drug-likeness (QED) is 0.689. The molecule has 0 bridgehead atoms. The van der Waals surface area contributed by atoms with Crippen LogP contribution < -0.4 is 15.2 Å². The normalized spacial score (nSPS) is 17.7. The fraction of sp³-hybridized carbons (Fsp3) is 0.350. The smallest absolute Gasteiger partial charge is 0.326 e. The van der Waals surface area contributed by atoms with Crippen molar-refractivity contribution in [2.45, 2.75) is 25.4 Å². The van der Waals surface area contributed by atoms with Crippen LogP contribution in [-0.4, -0.2) is 34.3 Å². The maximum Gasteiger partial charge on any atom is 0.326 e. The van der Waals surface area contributed by atoms with Gasteiger partial charge >= 0.3 is 5.69 Å². The lowest BCUT2D eigenvalue weighted by molar-refractivity contribution is 0.173. The number of nitrogens with one attached hydrogen (secondary N) is 1. The SMILES string of the molecule is O=c1[nH]c2ccccc2n1C1CCN(Cc2cc3c(cc2Br)OCO3)CC1. The number of para-hydroxylation sites is 2. The van der Waals surface area contributed by atoms with Gasteiger partial charge in [0.25, 0.3) is 0 Å². The number of piperidine rings is 1. The van der Waals surface area contributed by atoms with Crippen LogP contribution in [0, 0.1) is 0 Å². The van der Waals surface area contributed by atoms with Crippen LogP contribution in [-0.2, 0) is 6.54 Å². The zero-order valence-electron chi connectivity index (χ0n) is 14.8. The summed E-state index contributed by atoms with van der Waals surface area (Å²) in [5.74, 6) is 1.61. The van der Waals surface area contributed by atoms with Crippen molar-refractivity contribution in [1.82, 2.24) is 14.5 Å². The molecule has 6 nitrogen and oxygen atoms in total. The maximum absolute atomic E-state index is 12.4. The van der Waals surface area contributed by atoms with Crippen molar-refractivity contribution in [3.05, 3.63) is 56.9 Å². The standard InChI is InChI=1S/C20H20BrN3O3/c21-15-10-19-18(26-12-27-19)9-13(15)11-23-7-5-14(6-8-23)24-17-4-2-1-3-16(17)22-20(24)25/h1-4,9-10,14H,5-8,11-12H2,(H,22,25). The van der Waals surface area contributed by atoms with Gasteiger partial charge in [-0.15, -0.1) is 0 Å². The third-order valence-corrected chi connectivity index (χ3v) is 6.22. The Hall–Kier alpha value is -2.25. The highest BCUT2D eigenvalue weighted by Gasteiger charge is 2.25. The third kappa shape index (κ3) is 3.04. The first-order valence-electron chi connectivity index (χ1n) is 9.18. The highest BCUT2D eigenvalue weighted by atomic mass is 79.9. The van der Waals surface area contributed by atoms with Crippen LogP contribution in [0.2, 0.25) is 0 Å². The molecule has 3 heterocycles. The molecule has 0 aliphatic carbocycles. The van der Waals surface area contributed by atoms with Gasteiger partial charge in [0.2, 0.25) is 6.79 Å². The van der Waals surface area contributed by atoms with Crippen LogP contribution in [0.1, 0.15) is 24.4 Å². The Balaban J connectivity index is 1.31. The first-order chi connectivity index (χ1) is 13.2. The number of aromatic amines is 1. The number of fused-ring (bicyclic) bond motifs is 2. The Kier molecular flexibility index (Phi) is 4.21. The molecule has 3 aromatic rings. The highest BCUT2D eigenvalue weighted by molar-refractivity contribution is 9.10. The van der Waals surface area contributed by atoms with Gasteiger partial charge in [0, 0.05) is 30.1 Å². The predicted molar refractivity (Wildman–Crippen MR) is 106 cm³/mol. The van der Waals surface area contributed by atoms with Gasteiger partial charge in [0.1, 0.15) is 0 Å². The summed E-state index contributed by atoms with van der Waals surface area (Å²) >= 11 is 3.64. The molecule has 140 valence electrons. The van der Waals surface area contributed by atoms with Gasteiger partial charge in [-0.2, -0.15) is 0 Å². The number of nitrogens with zero attached hydrogens (tertiary/aromatic N) is 2. The van der Waals surface area contributed by atoms with E-state index >= 15 is 0 Å². The Morgan fingerprint density at radius 1 is 1.11 bits per heavy atom. The summed E-state index contributed by atoms with van der Waals surface area (Å²) in [6, 6.07) is 12.2. The first-order valence-corrected chi connectivity index (χ1v) is 9.98. The Morgan fingerprint density at radius 2 is 1.85 bits per heavy atom. The number of likely N-dealkylation sites (tertiary alicyclic amines) is 1. The summed E-state index contributed by atoms with van der Waals surface area (Å²) in [5.41, 5.74) is 3.10. The van der Waals surface area contributed by atoms with Crippen molar-refractivity contribution in [2.75, 3.05) is 19.9 Å². The third-order valence-electron chi connectivity index (χ3n) is 5.48. The molecule has 0 amide bonds. The molecular weight excluding hydrogens is 410 g/mol. The van der Waals surface area contributed by atoms with Crippen LogP contribution in [0.5, 0.6) is 11.5 Å². The number of hydrogen-bond acceptors (Lipinski definition) is 4. The number of H-pyrrole nitrogens is 1. The lowest BCUT2D eigenvalue weighted by Crippen LogP contribution is -2.36. The molecular formula is C20H20BrN3O3. The fourth-order valence-electron chi connectivity index (χ4n) is 4.09. The summed E-state index contributed by atoms with van der Waals surface area (Å²) in [7, 11) is 0. The summed E-state index contributed by atoms with van der Waals surface area (Å²) in [4.78, 5) is 17.8. The van der Waals surface area contributed by atoms with Gasteiger partial charge in [-0.1, -0.05) is 28.1 Å². The molecule has 1 fully saturated rings. The van der Waals surface area contributed by atoms with E-state index in [1.807, 2.05) is 34.9 Å². The molecule has 0 unspecified atom stereocenters. The monoisotopic (exact) mass is 429 g/mol. The number of ether oxygens (including phenoxy) is 2. The van der Waals surface area contributed by atoms with Crippen LogP contribution >= 0.6 is 15.9 Å². The zero-order chi connectivity index (χ0) is 18.4. The van der Waals surface area contributed by atoms with Crippen molar-refractivity contribution in [3.63, 3.8) is 0 Å². The van der Waals surface area contributed by atoms with Gasteiger partial charge in [0.15, 0.2) is 11.5 Å². The van der Waals surface area contributed by atoms with Crippen LogP contribution in [0.15, 0.2) is 45.7 Å². The Labute approximate surface area is 164 Å². The number of hydrogen-bond donors (Lipinski definition) is 1. The van der Waals surface area contributed by atoms with E-state index in [-0.39, 0.29) is 18.5 Å². The molecule has 27 heavy (non-hydrogen) atoms. The summed E-state index contributed by atoms with van der Waals surface area (Å²) in [6.45, 7) is 3.05. The molecule has 2 aromatic carbocycles. The van der Waals surface area contributed by atoms with Crippen LogP contribution in [0.4, 0.5) is 0 Å². The number of aromatic nitrogens is 2. The van der Waals surface area contributed by atoms with Gasteiger partial charge in [0.05, 0.1) is 11.0 Å². The van der Waals surface area contributed by atoms with Crippen LogP contribution in [0.3, 0.4) is 0 Å². The second kappa shape index (κ2) is 6.73. The second-order valence-electron chi connectivity index (χ2n) is 7.12. The number of imidazole rings is 1. The van der Waals surface area contributed by atoms with Crippen molar-refractivity contribution < 1.29 is 9.47 Å². The summed E-state index contributed by atoms with van der Waals surface area (Å²) < 4.78 is 13.9. The number of halogens is 1. The van der Waals surface area contributed by atoms with E-state index in [0.29, 0.717) is 0 Å². The lowest BCUT2D eigenvalue weighted by Gasteiger charge is -2.32. The largest absolute Gasteiger partial charge is 0.454 e. The predicted octanol–water partition coefficient (Wildman–Crippen LogP) is 3.66. The minimum Gasteiger partial charge on any atom is -0.454 e. The molecule has 1 aromatic heterocycles. The molecule has 1 saturated heterocycles. The van der Waals surface area contributed by atoms with Gasteiger partial charge < -0.3 is 14.5 Å². The molecule has 5 rings (SSSR count). The van der Waals surface area contributed by atoms with E-state index in [4.69, 9.17) is 9.47 Å². The number of rotatable bonds is 3. The van der Waals surface area contributed by atoms with E-state index in [1.54, 1.807) is 0 Å². The molecule has 0 saturated carbocycles. The van der Waals surface area contributed by atoms with E-state index in [1.165, 1.54) is 5.56 Å². The Morgan fingerprint density at radius 3 is 2.67 bits per heavy atom. The minimum absolute atomic E-state index is 0.00633. The summed E-state index contributed by atoms with van der Waals surface area (Å²) in [6.07, 6.45) is 1.92. The minimum atomic E-state index is -0.00633. The van der Waals surface area contributed by atoms with E-state index in [9.17, 15) is 4.79 Å². The topological polar surface area (TPSA) is 59.5 Å². The zero-order valence-corrected chi connectivity index (χ0v) is 16.4. The average molecular weight is 430 g/mol. The van der Waals surface area contributed by atoms with E-state index < -0.39 is 0 Å². The van der Waals surface area contributed by atoms with Gasteiger partial charge in [-0.25, -0.2) is 4.79 Å². The molecule has 2 aliphatic rings. The molecule has 0 radical (unpaired) electrons. The second-order valence-corrected chi connectivity index (χ2v) is 7.98. The molecule has 0 spiro atoms. The van der Waals surface area contributed by atoms with E-state index in [0.717, 1.165) is 59.5 Å². The Bertz CT molecular complexity index is 1050. The van der Waals surface area contributed by atoms with Crippen LogP contribution in [0.25, 0.3) is 11.0 Å². The highest BCUT2D eigenvalue weighted by Crippen LogP contribution is 2.37. The molecule has 1 N–H and O–H groups in total. The first kappa shape index (κ1) is 16.9. The van der Waals surface area contributed by atoms with Gasteiger partial charge in [-0.3, -0.25) is 9.47 Å². The van der Waals surface area contributed by atoms with E-state index in [2.05, 4.69) is 31.9 Å². The average Bonchev–Trinajstić information content (AvgIpc) is 3.25. The van der Waals surface area contributed by atoms with Gasteiger partial charge in [-0.05, 0) is 42.7 Å². The van der Waals surface area contributed by atoms with Crippen molar-refractivity contribution >= 4 is 27.0 Å². The molecule has 2 aliphatic heterocycles. The fourth-order valence-corrected chi connectivity index (χ4v) is 4.54. The maximum atomic E-state index is 12.4. The number of benzene rings is 2. The summed E-state index contributed by atoms with van der Waals surface area (Å²) in [5, 5.41) is 0. The van der Waals surface area contributed by atoms with Crippen molar-refractivity contribution in [2.24, 2.45) is 0 Å². The molecule has 7 heteroatoms. The lowest BCUT2D eigenvalue weighted by atomic mass is 10.0. The molecule has 0 atom stereocenters. The van der Waals surface area contributed by atoms with Crippen molar-refractivity contribution in [3.8, 4) is 11.5 Å².